The van der Waals surface area contributed by atoms with Gasteiger partial charge in [0.05, 0.1) is 18.6 Å². The minimum Gasteiger partial charge on any atom is -0.493 e. The minimum absolute atomic E-state index is 0.163. The van der Waals surface area contributed by atoms with Gasteiger partial charge in [0, 0.05) is 0 Å². The summed E-state index contributed by atoms with van der Waals surface area (Å²) in [6.07, 6.45) is 0.246. The van der Waals surface area contributed by atoms with Crippen LogP contribution in [0.1, 0.15) is 25.3 Å². The van der Waals surface area contributed by atoms with Gasteiger partial charge in [-0.3, -0.25) is 4.79 Å². The lowest BCUT2D eigenvalue weighted by molar-refractivity contribution is -0.116. The maximum Gasteiger partial charge on any atom is 0.229 e. The smallest absolute Gasteiger partial charge is 0.229 e. The number of benzene rings is 1. The van der Waals surface area contributed by atoms with Gasteiger partial charge in [-0.25, -0.2) is 0 Å². The zero-order valence-corrected chi connectivity index (χ0v) is 12.8. The fraction of sp³-hybridized carbons (Fsp3) is 0.357. The lowest BCUT2D eigenvalue weighted by atomic mass is 10.1. The molecule has 0 atom stereocenters. The number of hydrogen-bond donors (Lipinski definition) is 2. The summed E-state index contributed by atoms with van der Waals surface area (Å²) in [7, 11) is 0. The van der Waals surface area contributed by atoms with Crippen LogP contribution in [0.15, 0.2) is 30.3 Å². The number of aromatic nitrogens is 2. The molecule has 0 aliphatic carbocycles. The van der Waals surface area contributed by atoms with Crippen molar-refractivity contribution in [3.05, 3.63) is 35.3 Å². The summed E-state index contributed by atoms with van der Waals surface area (Å²) in [5.41, 5.74) is 5.36. The van der Waals surface area contributed by atoms with Crippen LogP contribution < -0.4 is 15.8 Å². The molecule has 0 unspecified atom stereocenters. The van der Waals surface area contributed by atoms with Crippen LogP contribution >= 0.6 is 11.3 Å². The highest BCUT2D eigenvalue weighted by Gasteiger charge is 2.20. The Kier molecular flexibility index (Phi) is 4.87. The first kappa shape index (κ1) is 15.4. The largest absolute Gasteiger partial charge is 0.493 e. The van der Waals surface area contributed by atoms with Gasteiger partial charge >= 0.3 is 0 Å². The second-order valence-corrected chi connectivity index (χ2v) is 6.07. The summed E-state index contributed by atoms with van der Waals surface area (Å²) in [6, 6.07) is 9.36. The first-order valence-corrected chi connectivity index (χ1v) is 7.37. The Balaban J connectivity index is 1.78. The third-order valence-corrected chi connectivity index (χ3v) is 3.74. The van der Waals surface area contributed by atoms with Crippen molar-refractivity contribution < 1.29 is 9.53 Å². The van der Waals surface area contributed by atoms with E-state index in [1.54, 1.807) is 0 Å². The molecule has 6 nitrogen and oxygen atoms in total. The van der Waals surface area contributed by atoms with Crippen LogP contribution in [0.2, 0.25) is 0 Å². The highest BCUT2D eigenvalue weighted by atomic mass is 32.1. The number of para-hydroxylation sites is 1. The number of ether oxygens (including phenoxy) is 1. The van der Waals surface area contributed by atoms with Gasteiger partial charge < -0.3 is 15.8 Å². The lowest BCUT2D eigenvalue weighted by Crippen LogP contribution is -2.28. The van der Waals surface area contributed by atoms with E-state index in [0.29, 0.717) is 16.7 Å². The van der Waals surface area contributed by atoms with Crippen molar-refractivity contribution in [2.24, 2.45) is 5.73 Å². The monoisotopic (exact) mass is 306 g/mol. The summed E-state index contributed by atoms with van der Waals surface area (Å²) >= 11 is 1.28. The van der Waals surface area contributed by atoms with Crippen LogP contribution in [-0.4, -0.2) is 22.7 Å². The summed E-state index contributed by atoms with van der Waals surface area (Å²) in [5, 5.41) is 11.7. The average molecular weight is 306 g/mol. The molecule has 0 spiro atoms. The molecule has 0 saturated heterocycles. The van der Waals surface area contributed by atoms with E-state index in [0.717, 1.165) is 5.75 Å². The molecule has 2 aromatic rings. The summed E-state index contributed by atoms with van der Waals surface area (Å²) in [5.74, 6) is 0.580. The molecule has 21 heavy (non-hydrogen) atoms. The van der Waals surface area contributed by atoms with Crippen molar-refractivity contribution in [3.63, 3.8) is 0 Å². The second-order valence-electron chi connectivity index (χ2n) is 5.09. The molecular formula is C14H18N4O2S. The van der Waals surface area contributed by atoms with E-state index >= 15 is 0 Å². The molecule has 7 heteroatoms. The van der Waals surface area contributed by atoms with Crippen LogP contribution in [0.3, 0.4) is 0 Å². The van der Waals surface area contributed by atoms with Crippen LogP contribution in [0.25, 0.3) is 0 Å². The number of rotatable bonds is 6. The Morgan fingerprint density at radius 2 is 2.05 bits per heavy atom. The van der Waals surface area contributed by atoms with Crippen molar-refractivity contribution in [2.75, 3.05) is 11.9 Å². The Hall–Kier alpha value is -1.99. The van der Waals surface area contributed by atoms with Crippen molar-refractivity contribution in [1.29, 1.82) is 0 Å². The van der Waals surface area contributed by atoms with E-state index in [1.807, 2.05) is 44.2 Å². The maximum absolute atomic E-state index is 11.8. The SMILES string of the molecule is CC(C)(N)c1nnc(NC(=O)CCOc2ccccc2)s1. The first-order valence-electron chi connectivity index (χ1n) is 6.56. The average Bonchev–Trinajstić information content (AvgIpc) is 2.88. The fourth-order valence-corrected chi connectivity index (χ4v) is 2.27. The molecular weight excluding hydrogens is 288 g/mol. The van der Waals surface area contributed by atoms with Crippen molar-refractivity contribution in [1.82, 2.24) is 10.2 Å². The van der Waals surface area contributed by atoms with Crippen molar-refractivity contribution in [3.8, 4) is 5.75 Å². The van der Waals surface area contributed by atoms with Crippen LogP contribution in [-0.2, 0) is 10.3 Å². The number of nitrogens with zero attached hydrogens (tertiary/aromatic N) is 2. The minimum atomic E-state index is -0.558. The van der Waals surface area contributed by atoms with Crippen molar-refractivity contribution >= 4 is 22.4 Å². The Morgan fingerprint density at radius 1 is 1.33 bits per heavy atom. The molecule has 0 saturated carbocycles. The van der Waals surface area contributed by atoms with Gasteiger partial charge in [-0.1, -0.05) is 29.5 Å². The molecule has 1 aromatic carbocycles. The van der Waals surface area contributed by atoms with E-state index in [-0.39, 0.29) is 12.3 Å². The van der Waals surface area contributed by atoms with Crippen LogP contribution in [0.5, 0.6) is 5.75 Å². The Morgan fingerprint density at radius 3 is 2.67 bits per heavy atom. The number of nitrogens with two attached hydrogens (primary N) is 1. The molecule has 0 aliphatic heterocycles. The second kappa shape index (κ2) is 6.64. The zero-order valence-electron chi connectivity index (χ0n) is 12.0. The van der Waals surface area contributed by atoms with E-state index in [4.69, 9.17) is 10.5 Å². The number of nitrogens with one attached hydrogen (secondary N) is 1. The summed E-state index contributed by atoms with van der Waals surface area (Å²) in [4.78, 5) is 11.8. The number of anilines is 1. The van der Waals surface area contributed by atoms with Gasteiger partial charge in [0.1, 0.15) is 10.8 Å². The van der Waals surface area contributed by atoms with Crippen molar-refractivity contribution in [2.45, 2.75) is 25.8 Å². The molecule has 3 N–H and O–H groups in total. The van der Waals surface area contributed by atoms with Gasteiger partial charge in [-0.2, -0.15) is 0 Å². The predicted octanol–water partition coefficient (Wildman–Crippen LogP) is 2.14. The molecule has 0 radical (unpaired) electrons. The molecule has 1 aromatic heterocycles. The van der Waals surface area contributed by atoms with E-state index < -0.39 is 5.54 Å². The molecule has 1 amide bonds. The normalized spacial score (nSPS) is 11.2. The van der Waals surface area contributed by atoms with Gasteiger partial charge in [-0.15, -0.1) is 10.2 Å². The maximum atomic E-state index is 11.8. The highest BCUT2D eigenvalue weighted by molar-refractivity contribution is 7.15. The third kappa shape index (κ3) is 4.80. The van der Waals surface area contributed by atoms with Gasteiger partial charge in [0.25, 0.3) is 0 Å². The van der Waals surface area contributed by atoms with Gasteiger partial charge in [-0.05, 0) is 26.0 Å². The summed E-state index contributed by atoms with van der Waals surface area (Å²) < 4.78 is 5.46. The Bertz CT molecular complexity index is 593. The highest BCUT2D eigenvalue weighted by Crippen LogP contribution is 2.24. The van der Waals surface area contributed by atoms with E-state index in [1.165, 1.54) is 11.3 Å². The molecule has 112 valence electrons. The summed E-state index contributed by atoms with van der Waals surface area (Å²) in [6.45, 7) is 3.99. The topological polar surface area (TPSA) is 90.1 Å². The number of carbonyl (C=O) groups is 1. The molecule has 2 rings (SSSR count). The molecule has 0 aliphatic rings. The van der Waals surface area contributed by atoms with Gasteiger partial charge in [0.2, 0.25) is 11.0 Å². The zero-order chi connectivity index (χ0) is 15.3. The molecule has 0 bridgehead atoms. The van der Waals surface area contributed by atoms with Crippen LogP contribution in [0, 0.1) is 0 Å². The standard InChI is InChI=1S/C14H18N4O2S/c1-14(2,15)12-17-18-13(21-12)16-11(19)8-9-20-10-6-4-3-5-7-10/h3-7H,8-9,15H2,1-2H3,(H,16,18,19). The van der Waals surface area contributed by atoms with E-state index in [9.17, 15) is 4.79 Å². The predicted molar refractivity (Wildman–Crippen MR) is 82.3 cm³/mol. The molecule has 1 heterocycles. The van der Waals surface area contributed by atoms with Crippen LogP contribution in [0.4, 0.5) is 5.13 Å². The first-order chi connectivity index (χ1) is 9.95. The number of hydrogen-bond acceptors (Lipinski definition) is 6. The fourth-order valence-electron chi connectivity index (χ4n) is 1.49. The Labute approximate surface area is 127 Å². The molecule has 0 fully saturated rings. The van der Waals surface area contributed by atoms with E-state index in [2.05, 4.69) is 15.5 Å². The number of amides is 1. The van der Waals surface area contributed by atoms with Gasteiger partial charge in [0.15, 0.2) is 0 Å². The lowest BCUT2D eigenvalue weighted by Gasteiger charge is -2.12. The quantitative estimate of drug-likeness (QED) is 0.853. The number of carbonyl (C=O) groups excluding carboxylic acids is 1. The third-order valence-electron chi connectivity index (χ3n) is 2.56.